The van der Waals surface area contributed by atoms with E-state index in [0.29, 0.717) is 42.7 Å². The highest BCUT2D eigenvalue weighted by atomic mass is 19.1. The molecule has 2 aromatic heterocycles. The average Bonchev–Trinajstić information content (AvgIpc) is 2.83. The van der Waals surface area contributed by atoms with E-state index in [1.165, 1.54) is 24.5 Å². The number of ether oxygens (including phenoxy) is 1. The molecule has 1 aliphatic heterocycles. The maximum absolute atomic E-state index is 13.2. The van der Waals surface area contributed by atoms with E-state index < -0.39 is 17.8 Å². The van der Waals surface area contributed by atoms with Crippen LogP contribution in [0.15, 0.2) is 42.7 Å². The Bertz CT molecular complexity index is 1180. The molecule has 0 saturated carbocycles. The maximum Gasteiger partial charge on any atom is 0.276 e. The number of halogens is 1. The molecule has 10 heteroatoms. The molecule has 1 aromatic carbocycles. The first kappa shape index (κ1) is 23.3. The number of aromatic nitrogens is 3. The second-order valence-corrected chi connectivity index (χ2v) is 8.55. The van der Waals surface area contributed by atoms with Crippen molar-refractivity contribution < 1.29 is 23.8 Å². The van der Waals surface area contributed by atoms with Gasteiger partial charge in [0.15, 0.2) is 5.69 Å². The second kappa shape index (κ2) is 9.98. The number of pyridine rings is 1. The van der Waals surface area contributed by atoms with Crippen LogP contribution in [-0.4, -0.2) is 62.0 Å². The highest BCUT2D eigenvalue weighted by molar-refractivity contribution is 5.99. The average molecular weight is 468 g/mol. The number of hydrogen-bond donors (Lipinski definition) is 2. The van der Waals surface area contributed by atoms with Gasteiger partial charge in [-0.2, -0.15) is 0 Å². The summed E-state index contributed by atoms with van der Waals surface area (Å²) in [5.74, 6) is -1.33. The fourth-order valence-electron chi connectivity index (χ4n) is 3.87. The molecular formula is C24H26FN5O4. The molecule has 178 valence electrons. The van der Waals surface area contributed by atoms with Crippen LogP contribution in [0.2, 0.25) is 0 Å². The topological polar surface area (TPSA) is 118 Å². The number of fused-ring (bicyclic) bond motifs is 1. The van der Waals surface area contributed by atoms with Gasteiger partial charge in [-0.1, -0.05) is 13.8 Å². The van der Waals surface area contributed by atoms with Crippen LogP contribution < -0.4 is 10.1 Å². The molecule has 1 fully saturated rings. The van der Waals surface area contributed by atoms with Crippen molar-refractivity contribution in [2.75, 3.05) is 13.1 Å². The molecular weight excluding hydrogens is 441 g/mol. The molecule has 0 spiro atoms. The zero-order valence-electron chi connectivity index (χ0n) is 18.9. The molecule has 3 heterocycles. The Balaban J connectivity index is 1.39. The van der Waals surface area contributed by atoms with Crippen LogP contribution in [0.1, 0.15) is 37.2 Å². The molecule has 1 saturated heterocycles. The van der Waals surface area contributed by atoms with Crippen LogP contribution in [0.5, 0.6) is 11.6 Å². The normalized spacial score (nSPS) is 15.4. The van der Waals surface area contributed by atoms with Crippen LogP contribution in [0.25, 0.3) is 11.0 Å². The van der Waals surface area contributed by atoms with Crippen molar-refractivity contribution >= 4 is 22.8 Å². The summed E-state index contributed by atoms with van der Waals surface area (Å²) in [5.41, 5.74) is 0.524. The van der Waals surface area contributed by atoms with E-state index in [1.54, 1.807) is 23.1 Å². The largest absolute Gasteiger partial charge is 0.492 e. The van der Waals surface area contributed by atoms with Gasteiger partial charge in [-0.25, -0.2) is 14.4 Å². The first-order valence-corrected chi connectivity index (χ1v) is 11.1. The van der Waals surface area contributed by atoms with Crippen molar-refractivity contribution in [3.63, 3.8) is 0 Å². The van der Waals surface area contributed by atoms with Gasteiger partial charge in [0.05, 0.1) is 11.7 Å². The van der Waals surface area contributed by atoms with Gasteiger partial charge in [-0.3, -0.25) is 14.6 Å². The van der Waals surface area contributed by atoms with Gasteiger partial charge in [-0.15, -0.1) is 0 Å². The third-order valence-electron chi connectivity index (χ3n) is 5.75. The maximum atomic E-state index is 13.2. The molecule has 9 nitrogen and oxygen atoms in total. The minimum atomic E-state index is -0.795. The molecule has 2 amide bonds. The molecule has 34 heavy (non-hydrogen) atoms. The van der Waals surface area contributed by atoms with Crippen LogP contribution >= 0.6 is 0 Å². The lowest BCUT2D eigenvalue weighted by atomic mass is 10.00. The number of carbonyl (C=O) groups excluding carboxylic acids is 2. The van der Waals surface area contributed by atoms with E-state index in [9.17, 15) is 19.1 Å². The van der Waals surface area contributed by atoms with Gasteiger partial charge < -0.3 is 20.1 Å². The predicted octanol–water partition coefficient (Wildman–Crippen LogP) is 2.69. The fourth-order valence-corrected chi connectivity index (χ4v) is 3.87. The number of nitrogens with one attached hydrogen (secondary N) is 1. The first-order valence-electron chi connectivity index (χ1n) is 11.1. The van der Waals surface area contributed by atoms with Crippen molar-refractivity contribution in [2.45, 2.75) is 38.8 Å². The lowest BCUT2D eigenvalue weighted by Crippen LogP contribution is -2.53. The SMILES string of the molecule is CC(C)[C@H](NC(=O)c1nc2ccncc2nc1O)C(=O)N1CCC(Oc2ccc(F)cc2)CC1. The minimum absolute atomic E-state index is 0.0825. The molecule has 3 aromatic rings. The minimum Gasteiger partial charge on any atom is -0.492 e. The van der Waals surface area contributed by atoms with Crippen molar-refractivity contribution in [3.8, 4) is 11.6 Å². The number of carbonyl (C=O) groups is 2. The van der Waals surface area contributed by atoms with E-state index >= 15 is 0 Å². The number of rotatable bonds is 6. The summed E-state index contributed by atoms with van der Waals surface area (Å²) in [6.07, 6.45) is 4.10. The number of amides is 2. The van der Waals surface area contributed by atoms with Crippen molar-refractivity contribution in [2.24, 2.45) is 5.92 Å². The highest BCUT2D eigenvalue weighted by Gasteiger charge is 2.33. The molecule has 4 rings (SSSR count). The Hall–Kier alpha value is -3.82. The third-order valence-corrected chi connectivity index (χ3v) is 5.75. The standard InChI is InChI=1S/C24H26FN5O4/c1-14(2)20(29-23(32)21-22(31)28-19-13-26-10-7-18(19)27-21)24(33)30-11-8-17(9-12-30)34-16-5-3-15(25)4-6-16/h3-7,10,13-14,17,20H,8-9,11-12H2,1-2H3,(H,28,31)(H,29,32)/t20-/m0/s1. The first-order chi connectivity index (χ1) is 16.3. The van der Waals surface area contributed by atoms with Crippen molar-refractivity contribution in [1.29, 1.82) is 0 Å². The van der Waals surface area contributed by atoms with E-state index in [-0.39, 0.29) is 29.4 Å². The number of piperidine rings is 1. The van der Waals surface area contributed by atoms with Gasteiger partial charge in [0.25, 0.3) is 5.91 Å². The van der Waals surface area contributed by atoms with Gasteiger partial charge in [0, 0.05) is 32.1 Å². The second-order valence-electron chi connectivity index (χ2n) is 8.55. The number of likely N-dealkylation sites (tertiary alicyclic amines) is 1. The van der Waals surface area contributed by atoms with E-state index in [4.69, 9.17) is 4.74 Å². The Morgan fingerprint density at radius 3 is 2.50 bits per heavy atom. The smallest absolute Gasteiger partial charge is 0.276 e. The summed E-state index contributed by atoms with van der Waals surface area (Å²) in [6.45, 7) is 4.62. The lowest BCUT2D eigenvalue weighted by molar-refractivity contribution is -0.136. The predicted molar refractivity (Wildman–Crippen MR) is 122 cm³/mol. The number of aromatic hydroxyl groups is 1. The third kappa shape index (κ3) is 5.22. The summed E-state index contributed by atoms with van der Waals surface area (Å²) in [5, 5.41) is 12.9. The van der Waals surface area contributed by atoms with Crippen LogP contribution in [0, 0.1) is 11.7 Å². The number of nitrogens with zero attached hydrogens (tertiary/aromatic N) is 4. The fraction of sp³-hybridized carbons (Fsp3) is 0.375. The summed E-state index contributed by atoms with van der Waals surface area (Å²) in [7, 11) is 0. The van der Waals surface area contributed by atoms with Crippen molar-refractivity contribution in [3.05, 3.63) is 54.2 Å². The van der Waals surface area contributed by atoms with Crippen LogP contribution in [-0.2, 0) is 4.79 Å². The summed E-state index contributed by atoms with van der Waals surface area (Å²) >= 11 is 0. The van der Waals surface area contributed by atoms with Crippen LogP contribution in [0.3, 0.4) is 0 Å². The zero-order chi connectivity index (χ0) is 24.2. The summed E-state index contributed by atoms with van der Waals surface area (Å²) < 4.78 is 19.0. The Kier molecular flexibility index (Phi) is 6.85. The Morgan fingerprint density at radius 1 is 1.12 bits per heavy atom. The van der Waals surface area contributed by atoms with E-state index in [1.807, 2.05) is 13.8 Å². The van der Waals surface area contributed by atoms with E-state index in [0.717, 1.165) is 0 Å². The van der Waals surface area contributed by atoms with Gasteiger partial charge in [0.2, 0.25) is 11.8 Å². The molecule has 0 aliphatic carbocycles. The Labute approximate surface area is 196 Å². The molecule has 0 bridgehead atoms. The van der Waals surface area contributed by atoms with Crippen molar-refractivity contribution in [1.82, 2.24) is 25.2 Å². The molecule has 1 aliphatic rings. The quantitative estimate of drug-likeness (QED) is 0.572. The van der Waals surface area contributed by atoms with Gasteiger partial charge in [0.1, 0.15) is 29.2 Å². The van der Waals surface area contributed by atoms with Gasteiger partial charge >= 0.3 is 0 Å². The lowest BCUT2D eigenvalue weighted by Gasteiger charge is -2.35. The number of benzene rings is 1. The Morgan fingerprint density at radius 2 is 1.82 bits per heavy atom. The molecule has 2 N–H and O–H groups in total. The molecule has 1 atom stereocenters. The monoisotopic (exact) mass is 467 g/mol. The summed E-state index contributed by atoms with van der Waals surface area (Å²) in [4.78, 5) is 39.9. The summed E-state index contributed by atoms with van der Waals surface area (Å²) in [6, 6.07) is 6.65. The van der Waals surface area contributed by atoms with Crippen LogP contribution in [0.4, 0.5) is 4.39 Å². The zero-order valence-corrected chi connectivity index (χ0v) is 18.9. The highest BCUT2D eigenvalue weighted by Crippen LogP contribution is 2.21. The molecule has 0 radical (unpaired) electrons. The van der Waals surface area contributed by atoms with Gasteiger partial charge in [-0.05, 0) is 36.2 Å². The molecule has 0 unspecified atom stereocenters. The number of hydrogen-bond acceptors (Lipinski definition) is 7. The van der Waals surface area contributed by atoms with E-state index in [2.05, 4.69) is 20.3 Å².